The average molecular weight is 366 g/mol. The third-order valence-electron chi connectivity index (χ3n) is 3.04. The molecule has 0 nitrogen and oxygen atoms in total. The Hall–Kier alpha value is 1.34. The van der Waals surface area contributed by atoms with Crippen molar-refractivity contribution in [3.8, 4) is 0 Å². The highest BCUT2D eigenvalue weighted by atomic mass is 35.5. The highest BCUT2D eigenvalue weighted by Crippen LogP contribution is 2.59. The molecule has 18 heavy (non-hydrogen) atoms. The largest absolute Gasteiger partial charge is 0.148 e. The Morgan fingerprint density at radius 2 is 1.56 bits per heavy atom. The van der Waals surface area contributed by atoms with Gasteiger partial charge in [0, 0.05) is 4.91 Å². The first-order valence-corrected chi connectivity index (χ1v) is 9.14. The van der Waals surface area contributed by atoms with Crippen molar-refractivity contribution >= 4 is 69.9 Å². The van der Waals surface area contributed by atoms with Gasteiger partial charge >= 0.3 is 0 Å². The number of halogens is 4. The fraction of sp³-hybridized carbons (Fsp3) is 0.667. The van der Waals surface area contributed by atoms with E-state index in [1.807, 2.05) is 20.8 Å². The molecule has 0 saturated carbocycles. The van der Waals surface area contributed by atoms with Crippen LogP contribution in [-0.2, 0) is 0 Å². The third-order valence-corrected chi connectivity index (χ3v) is 8.22. The molecule has 0 aliphatic heterocycles. The van der Waals surface area contributed by atoms with Gasteiger partial charge in [0.15, 0.2) is 0 Å². The fourth-order valence-corrected chi connectivity index (χ4v) is 5.84. The lowest BCUT2D eigenvalue weighted by Gasteiger charge is -2.45. The van der Waals surface area contributed by atoms with Crippen molar-refractivity contribution in [2.75, 3.05) is 11.5 Å². The summed E-state index contributed by atoms with van der Waals surface area (Å²) in [5.41, 5.74) is 0. The van der Waals surface area contributed by atoms with Gasteiger partial charge in [0.05, 0.1) is 24.7 Å². The maximum atomic E-state index is 6.70. The molecule has 104 valence electrons. The lowest BCUT2D eigenvalue weighted by atomic mass is 9.88. The molecule has 0 N–H and O–H groups in total. The molecular formula is C12H16Cl4S2. The Morgan fingerprint density at radius 3 is 2.00 bits per heavy atom. The summed E-state index contributed by atoms with van der Waals surface area (Å²) in [6.07, 6.45) is 0. The van der Waals surface area contributed by atoms with Crippen molar-refractivity contribution in [2.24, 2.45) is 0 Å². The molecule has 1 aliphatic rings. The normalized spacial score (nSPS) is 33.3. The monoisotopic (exact) mass is 364 g/mol. The van der Waals surface area contributed by atoms with Crippen LogP contribution in [0.1, 0.15) is 27.7 Å². The SMILES string of the molecule is CCSC1=C(Cl)C(C)(Cl)C(C)(SCC)C(Cl)=C1Cl. The average Bonchev–Trinajstić information content (AvgIpc) is 2.31. The van der Waals surface area contributed by atoms with Gasteiger partial charge < -0.3 is 0 Å². The second kappa shape index (κ2) is 6.41. The number of rotatable bonds is 4. The Labute approximate surface area is 138 Å². The minimum absolute atomic E-state index is 0.503. The van der Waals surface area contributed by atoms with E-state index in [9.17, 15) is 0 Å². The summed E-state index contributed by atoms with van der Waals surface area (Å²) >= 11 is 29.2. The van der Waals surface area contributed by atoms with Crippen LogP contribution in [0, 0.1) is 0 Å². The third kappa shape index (κ3) is 2.71. The van der Waals surface area contributed by atoms with Crippen LogP contribution in [0.15, 0.2) is 20.0 Å². The molecule has 0 spiro atoms. The minimum atomic E-state index is -0.748. The standard InChI is InChI=1S/C12H16Cl4S2/c1-5-17-8-7(13)9(14)12(4,18-6-2)11(3,16)10(8)15/h5-6H2,1-4H3. The molecule has 1 rings (SSSR count). The summed E-state index contributed by atoms with van der Waals surface area (Å²) in [6, 6.07) is 0. The Kier molecular flexibility index (Phi) is 6.19. The molecule has 0 amide bonds. The van der Waals surface area contributed by atoms with Crippen molar-refractivity contribution in [3.63, 3.8) is 0 Å². The summed E-state index contributed by atoms with van der Waals surface area (Å²) in [6.45, 7) is 8.01. The van der Waals surface area contributed by atoms with E-state index >= 15 is 0 Å². The Bertz CT molecular complexity index is 401. The molecule has 6 heteroatoms. The molecule has 2 unspecified atom stereocenters. The van der Waals surface area contributed by atoms with Gasteiger partial charge in [-0.05, 0) is 25.4 Å². The molecule has 2 atom stereocenters. The van der Waals surface area contributed by atoms with Gasteiger partial charge in [0.25, 0.3) is 0 Å². The van der Waals surface area contributed by atoms with E-state index in [1.165, 1.54) is 0 Å². The Balaban J connectivity index is 3.41. The maximum Gasteiger partial charge on any atom is 0.0977 e. The predicted octanol–water partition coefficient (Wildman–Crippen LogP) is 6.40. The van der Waals surface area contributed by atoms with Crippen molar-refractivity contribution < 1.29 is 0 Å². The second-order valence-electron chi connectivity index (χ2n) is 4.17. The highest BCUT2D eigenvalue weighted by Gasteiger charge is 2.53. The topological polar surface area (TPSA) is 0 Å². The van der Waals surface area contributed by atoms with Gasteiger partial charge in [-0.1, -0.05) is 48.7 Å². The smallest absolute Gasteiger partial charge is 0.0977 e. The van der Waals surface area contributed by atoms with Crippen LogP contribution < -0.4 is 0 Å². The summed E-state index contributed by atoms with van der Waals surface area (Å²) in [4.78, 5) is 0.0554. The first-order chi connectivity index (χ1) is 8.24. The van der Waals surface area contributed by atoms with Gasteiger partial charge in [-0.2, -0.15) is 0 Å². The Morgan fingerprint density at radius 1 is 1.00 bits per heavy atom. The van der Waals surface area contributed by atoms with E-state index in [0.29, 0.717) is 15.1 Å². The molecule has 0 aromatic rings. The molecular weight excluding hydrogens is 350 g/mol. The zero-order chi connectivity index (χ0) is 14.1. The first kappa shape index (κ1) is 17.4. The van der Waals surface area contributed by atoms with E-state index in [1.54, 1.807) is 23.5 Å². The molecule has 0 fully saturated rings. The van der Waals surface area contributed by atoms with E-state index < -0.39 is 9.62 Å². The van der Waals surface area contributed by atoms with E-state index in [0.717, 1.165) is 16.4 Å². The van der Waals surface area contributed by atoms with Crippen LogP contribution in [0.3, 0.4) is 0 Å². The van der Waals surface area contributed by atoms with Crippen LogP contribution in [0.5, 0.6) is 0 Å². The van der Waals surface area contributed by atoms with Crippen molar-refractivity contribution in [1.29, 1.82) is 0 Å². The molecule has 0 heterocycles. The number of alkyl halides is 1. The van der Waals surface area contributed by atoms with Gasteiger partial charge in [-0.25, -0.2) is 0 Å². The molecule has 0 saturated heterocycles. The van der Waals surface area contributed by atoms with Gasteiger partial charge in [-0.3, -0.25) is 0 Å². The van der Waals surface area contributed by atoms with E-state index in [4.69, 9.17) is 46.4 Å². The maximum absolute atomic E-state index is 6.70. The van der Waals surface area contributed by atoms with Gasteiger partial charge in [0.1, 0.15) is 0 Å². The summed E-state index contributed by atoms with van der Waals surface area (Å²) in [5.74, 6) is 1.76. The fourth-order valence-electron chi connectivity index (χ4n) is 1.79. The molecule has 0 radical (unpaired) electrons. The molecule has 1 aliphatic carbocycles. The zero-order valence-corrected chi connectivity index (χ0v) is 15.4. The zero-order valence-electron chi connectivity index (χ0n) is 10.7. The van der Waals surface area contributed by atoms with Crippen LogP contribution in [0.2, 0.25) is 0 Å². The second-order valence-corrected chi connectivity index (χ2v) is 9.02. The van der Waals surface area contributed by atoms with Crippen LogP contribution in [0.4, 0.5) is 0 Å². The van der Waals surface area contributed by atoms with Crippen LogP contribution in [-0.4, -0.2) is 21.1 Å². The van der Waals surface area contributed by atoms with E-state index in [-0.39, 0.29) is 0 Å². The van der Waals surface area contributed by atoms with E-state index in [2.05, 4.69) is 6.92 Å². The number of allylic oxidation sites excluding steroid dienone is 2. The predicted molar refractivity (Wildman–Crippen MR) is 90.5 cm³/mol. The highest BCUT2D eigenvalue weighted by molar-refractivity contribution is 8.03. The van der Waals surface area contributed by atoms with Crippen LogP contribution in [0.25, 0.3) is 0 Å². The minimum Gasteiger partial charge on any atom is -0.148 e. The lowest BCUT2D eigenvalue weighted by molar-refractivity contribution is 0.615. The molecule has 0 aromatic heterocycles. The number of hydrogen-bond donors (Lipinski definition) is 0. The first-order valence-electron chi connectivity index (χ1n) is 5.66. The summed E-state index contributed by atoms with van der Waals surface area (Å²) in [7, 11) is 0. The lowest BCUT2D eigenvalue weighted by Crippen LogP contribution is -2.46. The molecule has 0 aromatic carbocycles. The summed E-state index contributed by atoms with van der Waals surface area (Å²) in [5, 5.41) is 1.72. The van der Waals surface area contributed by atoms with Crippen LogP contribution >= 0.6 is 69.9 Å². The number of hydrogen-bond acceptors (Lipinski definition) is 2. The van der Waals surface area contributed by atoms with Crippen molar-refractivity contribution in [2.45, 2.75) is 37.3 Å². The summed E-state index contributed by atoms with van der Waals surface area (Å²) < 4.78 is -0.503. The quantitative estimate of drug-likeness (QED) is 0.528. The number of thioether (sulfide) groups is 2. The van der Waals surface area contributed by atoms with Gasteiger partial charge in [0.2, 0.25) is 0 Å². The van der Waals surface area contributed by atoms with Crippen molar-refractivity contribution in [3.05, 3.63) is 20.0 Å². The molecule has 0 bridgehead atoms. The van der Waals surface area contributed by atoms with Crippen molar-refractivity contribution in [1.82, 2.24) is 0 Å². The van der Waals surface area contributed by atoms with Gasteiger partial charge in [-0.15, -0.1) is 35.1 Å².